The zero-order valence-electron chi connectivity index (χ0n) is 15.5. The zero-order chi connectivity index (χ0) is 18.0. The van der Waals surface area contributed by atoms with Crippen molar-refractivity contribution in [1.82, 2.24) is 0 Å². The molecule has 2 bridgehead atoms. The molecule has 0 spiro atoms. The van der Waals surface area contributed by atoms with Gasteiger partial charge in [0, 0.05) is 5.92 Å². The molecule has 0 amide bonds. The second kappa shape index (κ2) is 6.49. The highest BCUT2D eigenvalue weighted by Crippen LogP contribution is 2.70. The van der Waals surface area contributed by atoms with Gasteiger partial charge in [0.25, 0.3) is 0 Å². The Balaban J connectivity index is 0.000000173. The molecule has 1 heterocycles. The molecule has 0 aromatic heterocycles. The number of allylic oxidation sites excluding steroid dienone is 1. The molecular weight excluding hydrogens is 316 g/mol. The van der Waals surface area contributed by atoms with Crippen LogP contribution in [0.15, 0.2) is 23.8 Å². The summed E-state index contributed by atoms with van der Waals surface area (Å²) in [4.78, 5) is 0. The van der Waals surface area contributed by atoms with E-state index in [2.05, 4.69) is 27.4 Å². The van der Waals surface area contributed by atoms with Gasteiger partial charge in [-0.25, -0.2) is 0 Å². The highest BCUT2D eigenvalue weighted by Gasteiger charge is 2.76. The summed E-state index contributed by atoms with van der Waals surface area (Å²) in [6.07, 6.45) is 2.51. The maximum absolute atomic E-state index is 9.90. The monoisotopic (exact) mass is 352 g/mol. The highest BCUT2D eigenvalue weighted by molar-refractivity contribution is 5.24. The Hall–Kier alpha value is -0.680. The van der Waals surface area contributed by atoms with Crippen LogP contribution in [0.25, 0.3) is 0 Å². The van der Waals surface area contributed by atoms with Crippen molar-refractivity contribution in [3.8, 4) is 0 Å². The summed E-state index contributed by atoms with van der Waals surface area (Å²) in [7, 11) is 0. The van der Waals surface area contributed by atoms with Crippen LogP contribution in [0.5, 0.6) is 0 Å². The molecule has 4 aliphatic carbocycles. The largest absolute Gasteiger partial charge is 0.390 e. The third kappa shape index (κ3) is 3.01. The Labute approximate surface area is 152 Å². The molecule has 1 aliphatic heterocycles. The van der Waals surface area contributed by atoms with Crippen molar-refractivity contribution >= 4 is 0 Å². The van der Waals surface area contributed by atoms with E-state index in [0.717, 1.165) is 17.6 Å². The average Bonchev–Trinajstić information content (AvgIpc) is 3.18. The van der Waals surface area contributed by atoms with Gasteiger partial charge < -0.3 is 20.1 Å². The minimum absolute atomic E-state index is 0. The number of ether oxygens (including phenoxy) is 1. The van der Waals surface area contributed by atoms with Gasteiger partial charge in [0.1, 0.15) is 12.2 Å². The van der Waals surface area contributed by atoms with Crippen LogP contribution in [0.4, 0.5) is 0 Å². The quantitative estimate of drug-likeness (QED) is 0.501. The summed E-state index contributed by atoms with van der Waals surface area (Å²) in [5, 5.41) is 29.0. The molecule has 0 aromatic carbocycles. The number of hydrogen-bond acceptors (Lipinski definition) is 4. The summed E-state index contributed by atoms with van der Waals surface area (Å²) in [5.41, 5.74) is 2.13. The van der Waals surface area contributed by atoms with Gasteiger partial charge in [0.2, 0.25) is 0 Å². The lowest BCUT2D eigenvalue weighted by Crippen LogP contribution is -2.62. The first-order valence-corrected chi connectivity index (χ1v) is 9.06. The van der Waals surface area contributed by atoms with Gasteiger partial charge in [-0.1, -0.05) is 39.5 Å². The smallest absolute Gasteiger partial charge is 0.113 e. The average molecular weight is 353 g/mol. The Kier molecular flexibility index (Phi) is 5.35. The number of aliphatic hydroxyl groups is 3. The van der Waals surface area contributed by atoms with E-state index in [-0.39, 0.29) is 31.2 Å². The van der Waals surface area contributed by atoms with Crippen molar-refractivity contribution < 1.29 is 20.1 Å². The van der Waals surface area contributed by atoms with E-state index < -0.39 is 12.2 Å². The summed E-state index contributed by atoms with van der Waals surface area (Å²) in [5.74, 6) is 1.19. The van der Waals surface area contributed by atoms with E-state index in [9.17, 15) is 15.3 Å². The lowest BCUT2D eigenvalue weighted by Gasteiger charge is -2.59. The molecule has 3 N–H and O–H groups in total. The van der Waals surface area contributed by atoms with Gasteiger partial charge in [-0.05, 0) is 56.4 Å². The molecule has 5 rings (SSSR count). The minimum atomic E-state index is -0.708. The molecule has 0 aromatic rings. The van der Waals surface area contributed by atoms with Crippen LogP contribution in [0.2, 0.25) is 0 Å². The van der Waals surface area contributed by atoms with Gasteiger partial charge in [0.05, 0.1) is 17.8 Å². The molecule has 1 saturated heterocycles. The molecule has 0 radical (unpaired) electrons. The van der Waals surface area contributed by atoms with Gasteiger partial charge in [-0.3, -0.25) is 0 Å². The highest BCUT2D eigenvalue weighted by atomic mass is 16.6. The van der Waals surface area contributed by atoms with Crippen LogP contribution in [0.1, 0.15) is 54.9 Å². The SMILES string of the molecule is C.C=C(C)[C@H]1CC=C(C)[C@H](O)[C@H]1O.CC1(C)[C@H]2C[C@@H]1[C@]1(C)O[C@@H]1[C@H]2O. The molecule has 3 saturated carbocycles. The van der Waals surface area contributed by atoms with Gasteiger partial charge >= 0.3 is 0 Å². The third-order valence-electron chi connectivity index (χ3n) is 7.18. The molecule has 25 heavy (non-hydrogen) atoms. The molecule has 8 atom stereocenters. The van der Waals surface area contributed by atoms with E-state index in [1.165, 1.54) is 6.42 Å². The van der Waals surface area contributed by atoms with E-state index in [0.29, 0.717) is 17.3 Å². The summed E-state index contributed by atoms with van der Waals surface area (Å²) >= 11 is 0. The maximum Gasteiger partial charge on any atom is 0.113 e. The molecule has 0 unspecified atom stereocenters. The fraction of sp³-hybridized carbons (Fsp3) is 0.810. The number of rotatable bonds is 1. The third-order valence-corrected chi connectivity index (χ3v) is 7.18. The minimum Gasteiger partial charge on any atom is -0.390 e. The van der Waals surface area contributed by atoms with Crippen LogP contribution < -0.4 is 0 Å². The second-order valence-electron chi connectivity index (χ2n) is 9.00. The predicted octanol–water partition coefficient (Wildman–Crippen LogP) is 3.07. The molecule has 5 aliphatic rings. The van der Waals surface area contributed by atoms with E-state index in [1.54, 1.807) is 0 Å². The second-order valence-corrected chi connectivity index (χ2v) is 9.00. The summed E-state index contributed by atoms with van der Waals surface area (Å²) in [6, 6.07) is 0. The van der Waals surface area contributed by atoms with Crippen LogP contribution in [0, 0.1) is 23.2 Å². The molecule has 4 fully saturated rings. The fourth-order valence-electron chi connectivity index (χ4n) is 5.21. The van der Waals surface area contributed by atoms with Crippen LogP contribution in [-0.4, -0.2) is 45.3 Å². The first kappa shape index (κ1) is 20.6. The normalized spacial score (nSPS) is 48.5. The first-order valence-electron chi connectivity index (χ1n) is 9.06. The molecule has 4 heteroatoms. The van der Waals surface area contributed by atoms with Crippen molar-refractivity contribution in [1.29, 1.82) is 0 Å². The zero-order valence-corrected chi connectivity index (χ0v) is 15.5. The predicted molar refractivity (Wildman–Crippen MR) is 100 cm³/mol. The molecule has 144 valence electrons. The molecular formula is C21H36O4. The van der Waals surface area contributed by atoms with Gasteiger partial charge in [-0.2, -0.15) is 0 Å². The van der Waals surface area contributed by atoms with Gasteiger partial charge in [-0.15, -0.1) is 0 Å². The van der Waals surface area contributed by atoms with E-state index in [1.807, 2.05) is 19.9 Å². The maximum atomic E-state index is 9.90. The fourth-order valence-corrected chi connectivity index (χ4v) is 5.21. The van der Waals surface area contributed by atoms with Crippen molar-refractivity contribution in [2.24, 2.45) is 23.2 Å². The number of aliphatic hydroxyl groups excluding tert-OH is 3. The van der Waals surface area contributed by atoms with E-state index >= 15 is 0 Å². The first-order chi connectivity index (χ1) is 11.0. The lowest BCUT2D eigenvalue weighted by molar-refractivity contribution is -0.139. The van der Waals surface area contributed by atoms with Crippen molar-refractivity contribution in [3.63, 3.8) is 0 Å². The Morgan fingerprint density at radius 1 is 1.20 bits per heavy atom. The number of hydrogen-bond donors (Lipinski definition) is 3. The topological polar surface area (TPSA) is 73.2 Å². The summed E-state index contributed by atoms with van der Waals surface area (Å²) in [6.45, 7) is 14.2. The standard InChI is InChI=1S/2C10H16O2.CH4/c1-9(2)5-4-6(9)10(3)8(12-10)7(5)11;1-6(2)8-5-4-7(3)9(11)10(8)12;/h5-8,11H,4H2,1-3H3;4,8-12H,1,5H2,2-3H3;1H4/t5-,6-,7-,8+,10-;8-,9+,10+;/m01./s1. The Morgan fingerprint density at radius 2 is 1.80 bits per heavy atom. The Morgan fingerprint density at radius 3 is 2.28 bits per heavy atom. The Bertz CT molecular complexity index is 561. The summed E-state index contributed by atoms with van der Waals surface area (Å²) < 4.78 is 5.62. The van der Waals surface area contributed by atoms with Crippen LogP contribution in [-0.2, 0) is 4.74 Å². The lowest BCUT2D eigenvalue weighted by atomic mass is 9.45. The van der Waals surface area contributed by atoms with Crippen LogP contribution >= 0.6 is 0 Å². The van der Waals surface area contributed by atoms with E-state index in [4.69, 9.17) is 4.74 Å². The molecule has 4 nitrogen and oxygen atoms in total. The van der Waals surface area contributed by atoms with Crippen LogP contribution in [0.3, 0.4) is 0 Å². The van der Waals surface area contributed by atoms with Crippen molar-refractivity contribution in [2.75, 3.05) is 0 Å². The number of epoxide rings is 1. The van der Waals surface area contributed by atoms with Crippen molar-refractivity contribution in [2.45, 2.75) is 84.9 Å². The van der Waals surface area contributed by atoms with Gasteiger partial charge in [0.15, 0.2) is 0 Å². The van der Waals surface area contributed by atoms with Crippen molar-refractivity contribution in [3.05, 3.63) is 23.8 Å².